The van der Waals surface area contributed by atoms with Gasteiger partial charge in [0.15, 0.2) is 0 Å². The molecule has 0 bridgehead atoms. The highest BCUT2D eigenvalue weighted by atomic mass is 32.2. The van der Waals surface area contributed by atoms with E-state index in [-0.39, 0.29) is 4.90 Å². The van der Waals surface area contributed by atoms with Crippen molar-refractivity contribution in [3.63, 3.8) is 0 Å². The second-order valence-corrected chi connectivity index (χ2v) is 6.90. The summed E-state index contributed by atoms with van der Waals surface area (Å²) in [6.07, 6.45) is 5.13. The van der Waals surface area contributed by atoms with Crippen LogP contribution in [0.3, 0.4) is 0 Å². The molecule has 1 heterocycles. The Balaban J connectivity index is 2.46. The lowest BCUT2D eigenvalue weighted by molar-refractivity contribution is 0.575. The van der Waals surface area contributed by atoms with Crippen LogP contribution in [0.4, 0.5) is 0 Å². The largest absolute Gasteiger partial charge is 0.281 e. The molecule has 104 valence electrons. The van der Waals surface area contributed by atoms with Gasteiger partial charge in [0.25, 0.3) is 0 Å². The second-order valence-electron chi connectivity index (χ2n) is 4.21. The van der Waals surface area contributed by atoms with Crippen molar-refractivity contribution >= 4 is 21.8 Å². The highest BCUT2D eigenvalue weighted by Crippen LogP contribution is 2.16. The predicted octanol–water partition coefficient (Wildman–Crippen LogP) is 1.84. The quantitative estimate of drug-likeness (QED) is 0.717. The summed E-state index contributed by atoms with van der Waals surface area (Å²) >= 11 is 1.82. The van der Waals surface area contributed by atoms with Gasteiger partial charge in [-0.25, -0.2) is 13.1 Å². The fraction of sp³-hybridized carbons (Fsp3) is 0.727. The second kappa shape index (κ2) is 7.16. The highest BCUT2D eigenvalue weighted by molar-refractivity contribution is 7.98. The van der Waals surface area contributed by atoms with Crippen LogP contribution < -0.4 is 4.72 Å². The maximum Gasteiger partial charge on any atom is 0.244 e. The minimum atomic E-state index is -3.42. The maximum atomic E-state index is 12.0. The van der Waals surface area contributed by atoms with E-state index in [1.54, 1.807) is 13.8 Å². The number of H-pyrrole nitrogens is 1. The summed E-state index contributed by atoms with van der Waals surface area (Å²) in [5.74, 6) is 1.13. The van der Waals surface area contributed by atoms with Crippen LogP contribution in [-0.4, -0.2) is 37.2 Å². The molecule has 0 saturated heterocycles. The van der Waals surface area contributed by atoms with Gasteiger partial charge in [-0.2, -0.15) is 16.9 Å². The molecule has 0 atom stereocenters. The van der Waals surface area contributed by atoms with Crippen LogP contribution in [0.15, 0.2) is 4.90 Å². The zero-order valence-electron chi connectivity index (χ0n) is 11.1. The number of hydrogen-bond donors (Lipinski definition) is 2. The number of rotatable bonds is 8. The summed E-state index contributed by atoms with van der Waals surface area (Å²) in [6, 6.07) is 0. The molecule has 1 aromatic rings. The van der Waals surface area contributed by atoms with E-state index in [4.69, 9.17) is 0 Å². The zero-order chi connectivity index (χ0) is 13.6. The Morgan fingerprint density at radius 3 is 2.56 bits per heavy atom. The van der Waals surface area contributed by atoms with Crippen LogP contribution in [0, 0.1) is 13.8 Å². The summed E-state index contributed by atoms with van der Waals surface area (Å²) in [7, 11) is -3.42. The first kappa shape index (κ1) is 15.5. The van der Waals surface area contributed by atoms with E-state index in [1.165, 1.54) is 0 Å². The number of nitrogens with zero attached hydrogens (tertiary/aromatic N) is 1. The fourth-order valence-electron chi connectivity index (χ4n) is 1.76. The molecule has 1 aromatic heterocycles. The summed E-state index contributed by atoms with van der Waals surface area (Å²) < 4.78 is 26.7. The molecule has 5 nitrogen and oxygen atoms in total. The van der Waals surface area contributed by atoms with Crippen LogP contribution in [-0.2, 0) is 10.0 Å². The van der Waals surface area contributed by atoms with Gasteiger partial charge in [0.1, 0.15) is 4.90 Å². The number of thioether (sulfide) groups is 1. The van der Waals surface area contributed by atoms with Crippen LogP contribution in [0.25, 0.3) is 0 Å². The summed E-state index contributed by atoms with van der Waals surface area (Å²) in [4.78, 5) is 0.284. The highest BCUT2D eigenvalue weighted by Gasteiger charge is 2.21. The van der Waals surface area contributed by atoms with Crippen molar-refractivity contribution in [3.05, 3.63) is 11.4 Å². The Kier molecular flexibility index (Phi) is 6.17. The standard InChI is InChI=1S/C11H21N3O2S2/c1-9-11(10(2)14-13-9)18(15,16)12-7-5-4-6-8-17-3/h12H,4-8H2,1-3H3,(H,13,14). The Hall–Kier alpha value is -0.530. The van der Waals surface area contributed by atoms with Gasteiger partial charge < -0.3 is 0 Å². The van der Waals surface area contributed by atoms with Gasteiger partial charge in [0.05, 0.1) is 11.4 Å². The van der Waals surface area contributed by atoms with Gasteiger partial charge in [0.2, 0.25) is 10.0 Å². The van der Waals surface area contributed by atoms with Gasteiger partial charge in [-0.15, -0.1) is 0 Å². The number of unbranched alkanes of at least 4 members (excludes halogenated alkanes) is 2. The molecular weight excluding hydrogens is 270 g/mol. The molecule has 18 heavy (non-hydrogen) atoms. The average molecular weight is 291 g/mol. The molecule has 0 fully saturated rings. The number of aryl methyl sites for hydroxylation is 2. The number of sulfonamides is 1. The van der Waals surface area contributed by atoms with Gasteiger partial charge in [-0.1, -0.05) is 6.42 Å². The van der Waals surface area contributed by atoms with Crippen molar-refractivity contribution in [3.8, 4) is 0 Å². The minimum Gasteiger partial charge on any atom is -0.281 e. The molecule has 0 unspecified atom stereocenters. The molecule has 0 aliphatic rings. The number of aromatic amines is 1. The zero-order valence-corrected chi connectivity index (χ0v) is 12.7. The van der Waals surface area contributed by atoms with Crippen molar-refractivity contribution in [1.29, 1.82) is 0 Å². The Bertz CT molecular complexity index is 449. The molecule has 0 aliphatic carbocycles. The van der Waals surface area contributed by atoms with Gasteiger partial charge in [-0.3, -0.25) is 5.10 Å². The third-order valence-electron chi connectivity index (χ3n) is 2.65. The van der Waals surface area contributed by atoms with E-state index in [0.717, 1.165) is 25.0 Å². The van der Waals surface area contributed by atoms with Crippen molar-refractivity contribution in [1.82, 2.24) is 14.9 Å². The van der Waals surface area contributed by atoms with Gasteiger partial charge in [-0.05, 0) is 38.7 Å². The van der Waals surface area contributed by atoms with E-state index in [2.05, 4.69) is 21.2 Å². The number of aromatic nitrogens is 2. The first-order chi connectivity index (χ1) is 8.49. The molecule has 7 heteroatoms. The monoisotopic (exact) mass is 291 g/mol. The van der Waals surface area contributed by atoms with E-state index < -0.39 is 10.0 Å². The maximum absolute atomic E-state index is 12.0. The normalized spacial score (nSPS) is 11.9. The Morgan fingerprint density at radius 1 is 1.28 bits per heavy atom. The fourth-order valence-corrected chi connectivity index (χ4v) is 3.70. The van der Waals surface area contributed by atoms with Crippen molar-refractivity contribution in [2.45, 2.75) is 38.0 Å². The van der Waals surface area contributed by atoms with Crippen LogP contribution in [0.5, 0.6) is 0 Å². The van der Waals surface area contributed by atoms with Crippen LogP contribution >= 0.6 is 11.8 Å². The molecule has 0 aromatic carbocycles. The van der Waals surface area contributed by atoms with Crippen molar-refractivity contribution in [2.75, 3.05) is 18.6 Å². The van der Waals surface area contributed by atoms with E-state index in [0.29, 0.717) is 17.9 Å². The lowest BCUT2D eigenvalue weighted by Gasteiger charge is -2.06. The smallest absolute Gasteiger partial charge is 0.244 e. The van der Waals surface area contributed by atoms with Crippen molar-refractivity contribution < 1.29 is 8.42 Å². The van der Waals surface area contributed by atoms with E-state index in [9.17, 15) is 8.42 Å². The SMILES string of the molecule is CSCCCCCNS(=O)(=O)c1c(C)n[nH]c1C. The summed E-state index contributed by atoms with van der Waals surface area (Å²) in [6.45, 7) is 3.89. The topological polar surface area (TPSA) is 74.8 Å². The predicted molar refractivity (Wildman–Crippen MR) is 75.5 cm³/mol. The van der Waals surface area contributed by atoms with Gasteiger partial charge >= 0.3 is 0 Å². The minimum absolute atomic E-state index is 0.284. The van der Waals surface area contributed by atoms with E-state index >= 15 is 0 Å². The molecule has 0 spiro atoms. The number of nitrogens with one attached hydrogen (secondary N) is 2. The Labute approximate surface area is 113 Å². The first-order valence-electron chi connectivity index (χ1n) is 5.99. The first-order valence-corrected chi connectivity index (χ1v) is 8.87. The number of hydrogen-bond acceptors (Lipinski definition) is 4. The molecule has 1 rings (SSSR count). The summed E-state index contributed by atoms with van der Waals surface area (Å²) in [5.41, 5.74) is 1.10. The molecular formula is C11H21N3O2S2. The molecule has 0 amide bonds. The van der Waals surface area contributed by atoms with Gasteiger partial charge in [0, 0.05) is 6.54 Å². The molecule has 2 N–H and O–H groups in total. The molecule has 0 saturated carbocycles. The molecule has 0 aliphatic heterocycles. The van der Waals surface area contributed by atoms with Crippen LogP contribution in [0.1, 0.15) is 30.7 Å². The third kappa shape index (κ3) is 4.29. The third-order valence-corrected chi connectivity index (χ3v) is 5.07. The Morgan fingerprint density at radius 2 is 2.00 bits per heavy atom. The average Bonchev–Trinajstić information content (AvgIpc) is 2.64. The lowest BCUT2D eigenvalue weighted by atomic mass is 10.2. The lowest BCUT2D eigenvalue weighted by Crippen LogP contribution is -2.25. The van der Waals surface area contributed by atoms with Crippen molar-refractivity contribution in [2.24, 2.45) is 0 Å². The summed E-state index contributed by atoms with van der Waals surface area (Å²) in [5, 5.41) is 6.59. The van der Waals surface area contributed by atoms with Crippen LogP contribution in [0.2, 0.25) is 0 Å². The van der Waals surface area contributed by atoms with E-state index in [1.807, 2.05) is 11.8 Å². The molecule has 0 radical (unpaired) electrons.